The van der Waals surface area contributed by atoms with E-state index in [4.69, 9.17) is 11.6 Å². The number of nitrogens with one attached hydrogen (secondary N) is 1. The molecule has 0 aliphatic carbocycles. The molecule has 1 aromatic carbocycles. The molecule has 0 saturated carbocycles. The number of hydrogen-bond donors (Lipinski definition) is 1. The third-order valence-electron chi connectivity index (χ3n) is 3.87. The summed E-state index contributed by atoms with van der Waals surface area (Å²) in [7, 11) is -3.06. The minimum absolute atomic E-state index is 0.0548. The fraction of sp³-hybridized carbons (Fsp3) is 0.600. The molecule has 1 aliphatic rings. The molecule has 21 heavy (non-hydrogen) atoms. The molecule has 2 atom stereocenters. The van der Waals surface area contributed by atoms with Crippen LogP contribution in [0.25, 0.3) is 0 Å². The van der Waals surface area contributed by atoms with Crippen LogP contribution in [0.2, 0.25) is 0 Å². The Morgan fingerprint density at radius 3 is 2.76 bits per heavy atom. The van der Waals surface area contributed by atoms with Crippen molar-refractivity contribution in [2.24, 2.45) is 5.92 Å². The van der Waals surface area contributed by atoms with E-state index >= 15 is 0 Å². The second-order valence-corrected chi connectivity index (χ2v) is 8.17. The third-order valence-corrected chi connectivity index (χ3v) is 5.54. The number of benzene rings is 1. The predicted octanol–water partition coefficient (Wildman–Crippen LogP) is 2.23. The predicted molar refractivity (Wildman–Crippen MR) is 87.0 cm³/mol. The summed E-state index contributed by atoms with van der Waals surface area (Å²) in [6.45, 7) is 2.77. The lowest BCUT2D eigenvalue weighted by Crippen LogP contribution is -2.42. The van der Waals surface area contributed by atoms with Crippen LogP contribution in [-0.4, -0.2) is 45.2 Å². The lowest BCUT2D eigenvalue weighted by atomic mass is 9.99. The largest absolute Gasteiger partial charge is 0.315 e. The summed E-state index contributed by atoms with van der Waals surface area (Å²) < 4.78 is 24.7. The van der Waals surface area contributed by atoms with Gasteiger partial charge in [0.25, 0.3) is 0 Å². The molecule has 6 heteroatoms. The summed E-state index contributed by atoms with van der Waals surface area (Å²) in [5, 5.41) is 3.32. The number of alkyl halides is 1. The number of sulfonamides is 1. The highest BCUT2D eigenvalue weighted by atomic mass is 35.5. The van der Waals surface area contributed by atoms with Gasteiger partial charge in [-0.15, -0.1) is 11.6 Å². The van der Waals surface area contributed by atoms with Gasteiger partial charge in [0.2, 0.25) is 10.0 Å². The quantitative estimate of drug-likeness (QED) is 0.814. The van der Waals surface area contributed by atoms with Crippen molar-refractivity contribution in [1.82, 2.24) is 9.62 Å². The smallest absolute Gasteiger partial charge is 0.211 e. The van der Waals surface area contributed by atoms with E-state index in [-0.39, 0.29) is 5.38 Å². The Morgan fingerprint density at radius 1 is 1.38 bits per heavy atom. The zero-order chi connectivity index (χ0) is 15.3. The zero-order valence-corrected chi connectivity index (χ0v) is 13.9. The van der Waals surface area contributed by atoms with Crippen LogP contribution in [0.4, 0.5) is 0 Å². The number of rotatable bonds is 6. The second kappa shape index (κ2) is 7.58. The van der Waals surface area contributed by atoms with Crippen molar-refractivity contribution >= 4 is 21.6 Å². The highest BCUT2D eigenvalue weighted by Gasteiger charge is 2.25. The molecule has 0 radical (unpaired) electrons. The summed E-state index contributed by atoms with van der Waals surface area (Å²) in [4.78, 5) is 0. The number of piperidine rings is 1. The molecule has 0 amide bonds. The maximum Gasteiger partial charge on any atom is 0.211 e. The molecular formula is C15H23ClN2O2S. The molecule has 4 nitrogen and oxygen atoms in total. The Bertz CT molecular complexity index is 536. The van der Waals surface area contributed by atoms with Gasteiger partial charge in [0, 0.05) is 19.6 Å². The molecule has 0 spiro atoms. The molecule has 1 fully saturated rings. The molecule has 1 aliphatic heterocycles. The van der Waals surface area contributed by atoms with E-state index in [2.05, 4.69) is 5.32 Å². The highest BCUT2D eigenvalue weighted by molar-refractivity contribution is 7.88. The summed E-state index contributed by atoms with van der Waals surface area (Å²) in [6, 6.07) is 9.98. The van der Waals surface area contributed by atoms with Crippen molar-refractivity contribution in [2.45, 2.75) is 18.2 Å². The van der Waals surface area contributed by atoms with Crippen LogP contribution in [0, 0.1) is 5.92 Å². The topological polar surface area (TPSA) is 49.4 Å². The zero-order valence-electron chi connectivity index (χ0n) is 12.3. The Kier molecular flexibility index (Phi) is 6.05. The van der Waals surface area contributed by atoms with Crippen LogP contribution in [-0.2, 0) is 10.0 Å². The fourth-order valence-corrected chi connectivity index (χ4v) is 3.89. The van der Waals surface area contributed by atoms with Crippen molar-refractivity contribution in [2.75, 3.05) is 32.4 Å². The van der Waals surface area contributed by atoms with Gasteiger partial charge >= 0.3 is 0 Å². The second-order valence-electron chi connectivity index (χ2n) is 5.67. The van der Waals surface area contributed by atoms with Crippen molar-refractivity contribution in [1.29, 1.82) is 0 Å². The molecule has 1 aromatic rings. The average Bonchev–Trinajstić information content (AvgIpc) is 2.47. The lowest BCUT2D eigenvalue weighted by Gasteiger charge is -2.31. The lowest BCUT2D eigenvalue weighted by molar-refractivity contribution is 0.261. The third kappa shape index (κ3) is 5.25. The van der Waals surface area contributed by atoms with Gasteiger partial charge < -0.3 is 5.32 Å². The van der Waals surface area contributed by atoms with E-state index in [0.717, 1.165) is 24.9 Å². The fourth-order valence-electron chi connectivity index (χ4n) is 2.69. The Morgan fingerprint density at radius 2 is 2.10 bits per heavy atom. The minimum Gasteiger partial charge on any atom is -0.315 e. The van der Waals surface area contributed by atoms with E-state index in [1.807, 2.05) is 30.3 Å². The average molecular weight is 331 g/mol. The summed E-state index contributed by atoms with van der Waals surface area (Å²) in [5.74, 6) is 0.369. The first-order chi connectivity index (χ1) is 9.97. The van der Waals surface area contributed by atoms with E-state index in [1.54, 1.807) is 4.31 Å². The first-order valence-electron chi connectivity index (χ1n) is 7.31. The van der Waals surface area contributed by atoms with Crippen LogP contribution in [0.5, 0.6) is 0 Å². The number of hydrogen-bond acceptors (Lipinski definition) is 3. The first-order valence-corrected chi connectivity index (χ1v) is 9.60. The highest BCUT2D eigenvalue weighted by Crippen LogP contribution is 2.20. The van der Waals surface area contributed by atoms with Gasteiger partial charge in [-0.3, -0.25) is 0 Å². The molecular weight excluding hydrogens is 308 g/mol. The van der Waals surface area contributed by atoms with Gasteiger partial charge in [-0.25, -0.2) is 12.7 Å². The SMILES string of the molecule is CS(=O)(=O)N1CCCC(CNCC(Cl)c2ccccc2)C1. The van der Waals surface area contributed by atoms with Crippen molar-refractivity contribution in [3.63, 3.8) is 0 Å². The van der Waals surface area contributed by atoms with E-state index in [0.29, 0.717) is 25.6 Å². The molecule has 2 rings (SSSR count). The Labute approximate surface area is 132 Å². The van der Waals surface area contributed by atoms with Gasteiger partial charge in [0.15, 0.2) is 0 Å². The van der Waals surface area contributed by atoms with Crippen molar-refractivity contribution in [3.05, 3.63) is 35.9 Å². The first kappa shape index (κ1) is 16.7. The van der Waals surface area contributed by atoms with Gasteiger partial charge in [0.1, 0.15) is 0 Å². The van der Waals surface area contributed by atoms with Crippen LogP contribution in [0.15, 0.2) is 30.3 Å². The van der Waals surface area contributed by atoms with Crippen LogP contribution < -0.4 is 5.32 Å². The standard InChI is InChI=1S/C15H23ClN2O2S/c1-21(19,20)18-9-5-6-13(12-18)10-17-11-15(16)14-7-3-2-4-8-14/h2-4,7-8,13,15,17H,5-6,9-12H2,1H3. The molecule has 1 saturated heterocycles. The Hall–Kier alpha value is -0.620. The van der Waals surface area contributed by atoms with Gasteiger partial charge in [-0.05, 0) is 30.9 Å². The van der Waals surface area contributed by atoms with Crippen LogP contribution >= 0.6 is 11.6 Å². The molecule has 2 unspecified atom stereocenters. The molecule has 0 bridgehead atoms. The normalized spacial score (nSPS) is 22.1. The number of nitrogens with zero attached hydrogens (tertiary/aromatic N) is 1. The van der Waals surface area contributed by atoms with Crippen LogP contribution in [0.1, 0.15) is 23.8 Å². The summed E-state index contributed by atoms with van der Waals surface area (Å²) >= 11 is 6.36. The van der Waals surface area contributed by atoms with Crippen molar-refractivity contribution < 1.29 is 8.42 Å². The Balaban J connectivity index is 1.76. The van der Waals surface area contributed by atoms with Gasteiger partial charge in [-0.1, -0.05) is 30.3 Å². The molecule has 1 heterocycles. The van der Waals surface area contributed by atoms with E-state index in [9.17, 15) is 8.42 Å². The maximum atomic E-state index is 11.6. The molecule has 1 N–H and O–H groups in total. The molecule has 0 aromatic heterocycles. The molecule has 118 valence electrons. The monoisotopic (exact) mass is 330 g/mol. The summed E-state index contributed by atoms with van der Waals surface area (Å²) in [6.07, 6.45) is 3.28. The van der Waals surface area contributed by atoms with Gasteiger partial charge in [0.05, 0.1) is 11.6 Å². The summed E-state index contributed by atoms with van der Waals surface area (Å²) in [5.41, 5.74) is 1.10. The van der Waals surface area contributed by atoms with E-state index in [1.165, 1.54) is 6.26 Å². The van der Waals surface area contributed by atoms with Crippen LogP contribution in [0.3, 0.4) is 0 Å². The minimum atomic E-state index is -3.06. The van der Waals surface area contributed by atoms with Crippen molar-refractivity contribution in [3.8, 4) is 0 Å². The maximum absolute atomic E-state index is 11.6. The van der Waals surface area contributed by atoms with E-state index < -0.39 is 10.0 Å². The number of halogens is 1. The van der Waals surface area contributed by atoms with Gasteiger partial charge in [-0.2, -0.15) is 0 Å².